The third-order valence-corrected chi connectivity index (χ3v) is 7.16. The van der Waals surface area contributed by atoms with Crippen LogP contribution in [0.15, 0.2) is 18.2 Å². The Morgan fingerprint density at radius 2 is 1.97 bits per heavy atom. The summed E-state index contributed by atoms with van der Waals surface area (Å²) in [5.74, 6) is -0.199. The van der Waals surface area contributed by atoms with Gasteiger partial charge in [0.15, 0.2) is 5.69 Å². The van der Waals surface area contributed by atoms with Crippen LogP contribution in [0.3, 0.4) is 0 Å². The lowest BCUT2D eigenvalue weighted by molar-refractivity contribution is -0.0497. The normalized spacial score (nSPS) is 21.5. The molecule has 1 aliphatic rings. The molecule has 1 aromatic heterocycles. The summed E-state index contributed by atoms with van der Waals surface area (Å²) in [6.45, 7) is 6.69. The second kappa shape index (κ2) is 11.0. The molecule has 1 unspecified atom stereocenters. The first kappa shape index (κ1) is 28.3. The molecule has 3 rings (SSSR count). The minimum Gasteiger partial charge on any atom is -0.434 e. The molecule has 1 saturated carbocycles. The van der Waals surface area contributed by atoms with Crippen LogP contribution in [0.1, 0.15) is 82.5 Å². The van der Waals surface area contributed by atoms with Crippen LogP contribution in [-0.2, 0) is 6.54 Å². The molecule has 1 aliphatic carbocycles. The number of carbonyl (C=O) groups excluding carboxylic acids is 1. The van der Waals surface area contributed by atoms with Gasteiger partial charge in [-0.2, -0.15) is 13.9 Å². The molecule has 2 aromatic rings. The van der Waals surface area contributed by atoms with Gasteiger partial charge in [-0.05, 0) is 61.6 Å². The van der Waals surface area contributed by atoms with Crippen molar-refractivity contribution in [2.45, 2.75) is 85.2 Å². The Morgan fingerprint density at radius 3 is 2.53 bits per heavy atom. The Kier molecular flexibility index (Phi) is 8.68. The van der Waals surface area contributed by atoms with E-state index in [1.807, 2.05) is 20.8 Å². The van der Waals surface area contributed by atoms with E-state index in [2.05, 4.69) is 17.3 Å². The number of aliphatic hydroxyl groups is 2. The zero-order chi connectivity index (χ0) is 26.8. The molecule has 0 spiro atoms. The number of benzene rings is 1. The van der Waals surface area contributed by atoms with Crippen molar-refractivity contribution in [2.24, 2.45) is 11.3 Å². The Balaban J connectivity index is 1.95. The number of halogens is 3. The maximum atomic E-state index is 13.3. The highest BCUT2D eigenvalue weighted by atomic mass is 35.5. The molecule has 7 nitrogen and oxygen atoms in total. The molecule has 1 atom stereocenters. The summed E-state index contributed by atoms with van der Waals surface area (Å²) in [4.78, 5) is 13.0. The fourth-order valence-electron chi connectivity index (χ4n) is 4.47. The Hall–Kier alpha value is -2.23. The van der Waals surface area contributed by atoms with Crippen molar-refractivity contribution in [3.63, 3.8) is 0 Å². The van der Waals surface area contributed by atoms with E-state index in [0.717, 1.165) is 12.8 Å². The molecule has 3 N–H and O–H groups in total. The lowest BCUT2D eigenvalue weighted by atomic mass is 9.79. The average molecular weight is 528 g/mol. The molecule has 200 valence electrons. The van der Waals surface area contributed by atoms with Crippen molar-refractivity contribution in [3.05, 3.63) is 34.5 Å². The van der Waals surface area contributed by atoms with Gasteiger partial charge in [0.25, 0.3) is 5.91 Å². The second-order valence-corrected chi connectivity index (χ2v) is 11.2. The van der Waals surface area contributed by atoms with E-state index >= 15 is 0 Å². The number of carbonyl (C=O) groups is 1. The number of nitrogens with one attached hydrogen (secondary N) is 1. The fraction of sp³-hybridized carbons (Fsp3) is 0.615. The molecule has 1 heterocycles. The third-order valence-electron chi connectivity index (χ3n) is 6.81. The second-order valence-electron chi connectivity index (χ2n) is 10.8. The number of alkyl halides is 2. The lowest BCUT2D eigenvalue weighted by Gasteiger charge is -2.34. The van der Waals surface area contributed by atoms with Gasteiger partial charge in [0.05, 0.1) is 22.4 Å². The maximum Gasteiger partial charge on any atom is 0.387 e. The quantitative estimate of drug-likeness (QED) is 0.417. The van der Waals surface area contributed by atoms with E-state index in [1.165, 1.54) is 16.8 Å². The van der Waals surface area contributed by atoms with Crippen molar-refractivity contribution in [1.82, 2.24) is 15.1 Å². The maximum absolute atomic E-state index is 13.3. The molecular formula is C26H36ClF2N3O4. The molecule has 10 heteroatoms. The van der Waals surface area contributed by atoms with Gasteiger partial charge in [-0.3, -0.25) is 9.48 Å². The van der Waals surface area contributed by atoms with Gasteiger partial charge < -0.3 is 20.3 Å². The summed E-state index contributed by atoms with van der Waals surface area (Å²) < 4.78 is 32.9. The van der Waals surface area contributed by atoms with E-state index < -0.39 is 29.6 Å². The summed E-state index contributed by atoms with van der Waals surface area (Å²) in [6, 6.07) is 4.51. The molecule has 0 bridgehead atoms. The van der Waals surface area contributed by atoms with Crippen LogP contribution in [-0.4, -0.2) is 44.7 Å². The van der Waals surface area contributed by atoms with Gasteiger partial charge >= 0.3 is 6.61 Å². The third kappa shape index (κ3) is 6.36. The molecule has 1 amide bonds. The molecule has 0 saturated heterocycles. The van der Waals surface area contributed by atoms with Crippen LogP contribution in [0.25, 0.3) is 11.3 Å². The summed E-state index contributed by atoms with van der Waals surface area (Å²) >= 11 is 6.60. The van der Waals surface area contributed by atoms with Gasteiger partial charge in [0.1, 0.15) is 5.75 Å². The standard InChI is InChI=1S/C26H36ClF2N3O4/c1-6-32-21(17-8-7-16(22(33)25(3,4)5)13-18(17)36-24(28)29)19(27)20(31-32)23(34)30-14-26(35)11-9-15(2)10-12-26/h7-8,13,15,22,24,33,35H,6,9-12,14H2,1-5H3,(H,30,34). The number of hydrogen-bond donors (Lipinski definition) is 3. The summed E-state index contributed by atoms with van der Waals surface area (Å²) in [7, 11) is 0. The van der Waals surface area contributed by atoms with E-state index in [-0.39, 0.29) is 34.3 Å². The molecular weight excluding hydrogens is 492 g/mol. The average Bonchev–Trinajstić information content (AvgIpc) is 3.14. The monoisotopic (exact) mass is 527 g/mol. The van der Waals surface area contributed by atoms with Gasteiger partial charge in [-0.15, -0.1) is 0 Å². The highest BCUT2D eigenvalue weighted by Gasteiger charge is 2.33. The fourth-order valence-corrected chi connectivity index (χ4v) is 4.80. The number of aryl methyl sites for hydroxylation is 1. The SMILES string of the molecule is CCn1nc(C(=O)NCC2(O)CCC(C)CC2)c(Cl)c1-c1ccc(C(O)C(C)(C)C)cc1OC(F)F. The van der Waals surface area contributed by atoms with Crippen LogP contribution in [0.2, 0.25) is 5.02 Å². The number of hydrogen-bond acceptors (Lipinski definition) is 5. The van der Waals surface area contributed by atoms with Gasteiger partial charge in [0, 0.05) is 18.7 Å². The summed E-state index contributed by atoms with van der Waals surface area (Å²) in [5.41, 5.74) is -0.692. The zero-order valence-corrected chi connectivity index (χ0v) is 22.2. The Morgan fingerprint density at radius 1 is 1.33 bits per heavy atom. The minimum atomic E-state index is -3.11. The van der Waals surface area contributed by atoms with Crippen LogP contribution in [0.4, 0.5) is 8.78 Å². The van der Waals surface area contributed by atoms with Crippen molar-refractivity contribution in [1.29, 1.82) is 0 Å². The van der Waals surface area contributed by atoms with Crippen LogP contribution in [0, 0.1) is 11.3 Å². The van der Waals surface area contributed by atoms with Crippen LogP contribution >= 0.6 is 11.6 Å². The topological polar surface area (TPSA) is 96.6 Å². The summed E-state index contributed by atoms with van der Waals surface area (Å²) in [5, 5.41) is 28.5. The van der Waals surface area contributed by atoms with Crippen molar-refractivity contribution in [2.75, 3.05) is 6.54 Å². The summed E-state index contributed by atoms with van der Waals surface area (Å²) in [6.07, 6.45) is 2.03. The number of nitrogens with zero attached hydrogens (tertiary/aromatic N) is 2. The number of ether oxygens (including phenoxy) is 1. The first-order chi connectivity index (χ1) is 16.8. The smallest absolute Gasteiger partial charge is 0.387 e. The van der Waals surface area contributed by atoms with E-state index in [4.69, 9.17) is 16.3 Å². The molecule has 36 heavy (non-hydrogen) atoms. The lowest BCUT2D eigenvalue weighted by Crippen LogP contribution is -2.45. The highest BCUT2D eigenvalue weighted by molar-refractivity contribution is 6.36. The predicted molar refractivity (Wildman–Crippen MR) is 134 cm³/mol. The van der Waals surface area contributed by atoms with E-state index in [9.17, 15) is 23.8 Å². The molecule has 1 aromatic carbocycles. The molecule has 1 fully saturated rings. The largest absolute Gasteiger partial charge is 0.434 e. The van der Waals surface area contributed by atoms with Gasteiger partial charge in [-0.25, -0.2) is 0 Å². The van der Waals surface area contributed by atoms with Crippen molar-refractivity contribution in [3.8, 4) is 17.0 Å². The Labute approximate surface area is 215 Å². The van der Waals surface area contributed by atoms with Gasteiger partial charge in [-0.1, -0.05) is 45.4 Å². The Bertz CT molecular complexity index is 1080. The van der Waals surface area contributed by atoms with Crippen LogP contribution in [0.5, 0.6) is 5.75 Å². The molecule has 0 aliphatic heterocycles. The van der Waals surface area contributed by atoms with E-state index in [1.54, 1.807) is 13.0 Å². The minimum absolute atomic E-state index is 0.0122. The highest BCUT2D eigenvalue weighted by Crippen LogP contribution is 2.41. The zero-order valence-electron chi connectivity index (χ0n) is 21.4. The number of amides is 1. The van der Waals surface area contributed by atoms with E-state index in [0.29, 0.717) is 30.9 Å². The first-order valence-electron chi connectivity index (χ1n) is 12.3. The number of aliphatic hydroxyl groups excluding tert-OH is 1. The first-order valence-corrected chi connectivity index (χ1v) is 12.7. The van der Waals surface area contributed by atoms with Crippen molar-refractivity contribution < 1.29 is 28.5 Å². The molecule has 0 radical (unpaired) electrons. The van der Waals surface area contributed by atoms with Crippen molar-refractivity contribution >= 4 is 17.5 Å². The number of rotatable bonds is 8. The van der Waals surface area contributed by atoms with Gasteiger partial charge in [0.2, 0.25) is 0 Å². The predicted octanol–water partition coefficient (Wildman–Crippen LogP) is 5.58. The number of aromatic nitrogens is 2. The van der Waals surface area contributed by atoms with Crippen LogP contribution < -0.4 is 10.1 Å².